The second-order valence-electron chi connectivity index (χ2n) is 1.25. The van der Waals surface area contributed by atoms with Gasteiger partial charge in [0.05, 0.1) is 26.4 Å². The zero-order valence-corrected chi connectivity index (χ0v) is 10.5. The van der Waals surface area contributed by atoms with Gasteiger partial charge in [0.25, 0.3) is 0 Å². The van der Waals surface area contributed by atoms with Crippen molar-refractivity contribution >= 4 is 43.3 Å². The van der Waals surface area contributed by atoms with E-state index in [9.17, 15) is 0 Å². The first-order chi connectivity index (χ1) is 5.15. The first kappa shape index (κ1) is 15.1. The minimum absolute atomic E-state index is 0.0278. The van der Waals surface area contributed by atoms with Crippen molar-refractivity contribution in [2.45, 2.75) is 0 Å². The summed E-state index contributed by atoms with van der Waals surface area (Å²) < 4.78 is 4.63. The van der Waals surface area contributed by atoms with Crippen molar-refractivity contribution in [2.75, 3.05) is 26.4 Å². The van der Waals surface area contributed by atoms with Gasteiger partial charge in [-0.25, -0.2) is 0 Å². The van der Waals surface area contributed by atoms with Crippen LogP contribution in [0.5, 0.6) is 0 Å². The maximum absolute atomic E-state index is 8.09. The summed E-state index contributed by atoms with van der Waals surface area (Å²) in [5, 5.41) is 16.2. The van der Waals surface area contributed by atoms with Crippen molar-refractivity contribution in [3.05, 3.63) is 0 Å². The molecule has 0 aromatic carbocycles. The van der Waals surface area contributed by atoms with Crippen molar-refractivity contribution < 1.29 is 14.9 Å². The van der Waals surface area contributed by atoms with E-state index in [2.05, 4.69) is 4.74 Å². The topological polar surface area (TPSA) is 49.7 Å². The molecule has 0 heterocycles. The van der Waals surface area contributed by atoms with Gasteiger partial charge in [0.15, 0.2) is 0 Å². The van der Waals surface area contributed by atoms with E-state index >= 15 is 0 Å². The van der Waals surface area contributed by atoms with Crippen LogP contribution >= 0.6 is 26.5 Å². The number of hydrogen-bond acceptors (Lipinski definition) is 3. The average Bonchev–Trinajstić information content (AvgIpc) is 1.88. The quantitative estimate of drug-likeness (QED) is 0.587. The van der Waals surface area contributed by atoms with E-state index in [-0.39, 0.29) is 13.2 Å². The fraction of sp³-hybridized carbons (Fsp3) is 1.00. The predicted molar refractivity (Wildman–Crippen MR) is 48.3 cm³/mol. The Morgan fingerprint density at radius 3 is 1.45 bits per heavy atom. The van der Waals surface area contributed by atoms with Gasteiger partial charge in [-0.15, -0.1) is 0 Å². The van der Waals surface area contributed by atoms with Gasteiger partial charge >= 0.3 is 43.3 Å². The van der Waals surface area contributed by atoms with Crippen LogP contribution in [0.3, 0.4) is 0 Å². The second kappa shape index (κ2) is 14.1. The molecule has 0 bridgehead atoms. The van der Waals surface area contributed by atoms with Crippen molar-refractivity contribution in [1.29, 1.82) is 0 Å². The molecule has 0 unspecified atom stereocenters. The molecule has 0 atom stereocenters. The van der Waals surface area contributed by atoms with Crippen molar-refractivity contribution in [2.24, 2.45) is 0 Å². The average molecular weight is 334 g/mol. The summed E-state index contributed by atoms with van der Waals surface area (Å²) in [5.74, 6) is 0. The Kier molecular flexibility index (Phi) is 19.3. The first-order valence-electron chi connectivity index (χ1n) is 2.72. The van der Waals surface area contributed by atoms with Gasteiger partial charge in [0.1, 0.15) is 0 Å². The number of ether oxygens (including phenoxy) is 1. The Labute approximate surface area is 84.2 Å². The maximum atomic E-state index is 8.09. The van der Waals surface area contributed by atoms with Crippen molar-refractivity contribution in [1.82, 2.24) is 0 Å². The Balaban J connectivity index is 0. The molecule has 0 aliphatic carbocycles. The predicted octanol–water partition coefficient (Wildman–Crippen LogP) is 0.675. The van der Waals surface area contributed by atoms with E-state index in [4.69, 9.17) is 36.7 Å². The SMILES string of the molecule is OCCOCCO.[Cl][Sb]([Cl])[Cl]. The van der Waals surface area contributed by atoms with Gasteiger partial charge in [-0.2, -0.15) is 0 Å². The summed E-state index contributed by atoms with van der Waals surface area (Å²) in [6, 6.07) is 0. The fourth-order valence-electron chi connectivity index (χ4n) is 0.231. The number of aliphatic hydroxyl groups is 2. The third kappa shape index (κ3) is 34.2. The summed E-state index contributed by atoms with van der Waals surface area (Å²) in [6.07, 6.45) is 0. The molecular weight excluding hydrogens is 324 g/mol. The standard InChI is InChI=1S/C4H10O3.3ClH.Sb/c5-1-3-7-4-2-6;;;;/h5-6H,1-4H2;3*1H;/q;;;;+3/p-3. The molecule has 0 saturated carbocycles. The molecule has 2 N–H and O–H groups in total. The molecule has 7 heteroatoms. The number of hydrogen-bond donors (Lipinski definition) is 2. The van der Waals surface area contributed by atoms with E-state index < -0.39 is 16.8 Å². The molecule has 11 heavy (non-hydrogen) atoms. The van der Waals surface area contributed by atoms with E-state index in [0.717, 1.165) is 0 Å². The summed E-state index contributed by atoms with van der Waals surface area (Å²) in [5.41, 5.74) is 0. The number of halogens is 3. The first-order valence-corrected chi connectivity index (χ1v) is 12.4. The molecule has 0 aromatic rings. The number of rotatable bonds is 4. The third-order valence-electron chi connectivity index (χ3n) is 0.471. The minimum atomic E-state index is -2.03. The Hall–Kier alpha value is 1.57. The van der Waals surface area contributed by atoms with Crippen molar-refractivity contribution in [3.8, 4) is 0 Å². The van der Waals surface area contributed by atoms with Crippen LogP contribution < -0.4 is 0 Å². The fourth-order valence-corrected chi connectivity index (χ4v) is 0.231. The van der Waals surface area contributed by atoms with Crippen LogP contribution in [0.25, 0.3) is 0 Å². The molecule has 0 aliphatic heterocycles. The molecule has 0 aromatic heterocycles. The molecule has 0 saturated heterocycles. The van der Waals surface area contributed by atoms with Crippen LogP contribution in [0.1, 0.15) is 0 Å². The van der Waals surface area contributed by atoms with Gasteiger partial charge < -0.3 is 14.9 Å². The summed E-state index contributed by atoms with van der Waals surface area (Å²) in [6.45, 7) is 0.696. The van der Waals surface area contributed by atoms with Gasteiger partial charge in [-0.1, -0.05) is 0 Å². The Morgan fingerprint density at radius 1 is 1.00 bits per heavy atom. The van der Waals surface area contributed by atoms with E-state index in [1.165, 1.54) is 0 Å². The molecule has 0 radical (unpaired) electrons. The van der Waals surface area contributed by atoms with Gasteiger partial charge in [-0.3, -0.25) is 0 Å². The monoisotopic (exact) mass is 332 g/mol. The van der Waals surface area contributed by atoms with Crippen LogP contribution in [-0.4, -0.2) is 53.4 Å². The van der Waals surface area contributed by atoms with Crippen molar-refractivity contribution in [3.63, 3.8) is 0 Å². The van der Waals surface area contributed by atoms with E-state index in [1.54, 1.807) is 0 Å². The van der Waals surface area contributed by atoms with Crippen LogP contribution in [0.2, 0.25) is 0 Å². The van der Waals surface area contributed by atoms with E-state index in [0.29, 0.717) is 13.2 Å². The Morgan fingerprint density at radius 2 is 1.27 bits per heavy atom. The molecule has 0 spiro atoms. The van der Waals surface area contributed by atoms with E-state index in [1.807, 2.05) is 0 Å². The third-order valence-corrected chi connectivity index (χ3v) is 0.471. The summed E-state index contributed by atoms with van der Waals surface area (Å²) in [7, 11) is 15.0. The molecule has 0 fully saturated rings. The van der Waals surface area contributed by atoms with Gasteiger partial charge in [0.2, 0.25) is 0 Å². The van der Waals surface area contributed by atoms with Crippen LogP contribution in [0.15, 0.2) is 0 Å². The zero-order valence-electron chi connectivity index (χ0n) is 5.71. The summed E-state index contributed by atoms with van der Waals surface area (Å²) in [4.78, 5) is 0. The van der Waals surface area contributed by atoms with Crippen LogP contribution in [-0.2, 0) is 4.74 Å². The van der Waals surface area contributed by atoms with Gasteiger partial charge in [-0.05, 0) is 0 Å². The molecule has 70 valence electrons. The molecular formula is C4H10Cl3O3Sb. The second-order valence-corrected chi connectivity index (χ2v) is 12.6. The van der Waals surface area contributed by atoms with Gasteiger partial charge in [0, 0.05) is 0 Å². The zero-order chi connectivity index (χ0) is 9.11. The molecule has 0 amide bonds. The van der Waals surface area contributed by atoms with Crippen LogP contribution in [0.4, 0.5) is 0 Å². The molecule has 3 nitrogen and oxygen atoms in total. The van der Waals surface area contributed by atoms with Crippen LogP contribution in [0, 0.1) is 0 Å². The molecule has 0 aliphatic rings. The number of aliphatic hydroxyl groups excluding tert-OH is 2. The summed E-state index contributed by atoms with van der Waals surface area (Å²) >= 11 is -2.03. The molecule has 0 rings (SSSR count). The normalized spacial score (nSPS) is 9.27. The Bertz CT molecular complexity index is 59.8.